The quantitative estimate of drug-likeness (QED) is 0.800. The van der Waals surface area contributed by atoms with Gasteiger partial charge >= 0.3 is 0 Å². The summed E-state index contributed by atoms with van der Waals surface area (Å²) in [5, 5.41) is 0. The highest BCUT2D eigenvalue weighted by atomic mass is 15.2. The highest BCUT2D eigenvalue weighted by molar-refractivity contribution is 5.63. The van der Waals surface area contributed by atoms with Crippen LogP contribution < -0.4 is 10.6 Å². The van der Waals surface area contributed by atoms with Gasteiger partial charge in [-0.15, -0.1) is 0 Å². The van der Waals surface area contributed by atoms with E-state index in [0.717, 1.165) is 23.5 Å². The zero-order valence-electron chi connectivity index (χ0n) is 9.41. The Hall–Kier alpha value is -1.25. The summed E-state index contributed by atoms with van der Waals surface area (Å²) in [7, 11) is 2.03. The summed E-state index contributed by atoms with van der Waals surface area (Å²) < 4.78 is 0. The van der Waals surface area contributed by atoms with Crippen LogP contribution in [0.2, 0.25) is 0 Å². The molecule has 0 amide bonds. The van der Waals surface area contributed by atoms with Crippen LogP contribution in [0.15, 0.2) is 12.3 Å². The largest absolute Gasteiger partial charge is 0.396 e. The number of pyridine rings is 1. The Morgan fingerprint density at radius 1 is 1.57 bits per heavy atom. The lowest BCUT2D eigenvalue weighted by atomic mass is 10.2. The van der Waals surface area contributed by atoms with Gasteiger partial charge in [0, 0.05) is 19.3 Å². The summed E-state index contributed by atoms with van der Waals surface area (Å²) in [6.07, 6.45) is 2.94. The van der Waals surface area contributed by atoms with Crippen molar-refractivity contribution in [1.82, 2.24) is 4.98 Å². The summed E-state index contributed by atoms with van der Waals surface area (Å²) in [6, 6.07) is 2.42. The first-order chi connectivity index (χ1) is 6.56. The molecule has 0 aliphatic rings. The van der Waals surface area contributed by atoms with Crippen LogP contribution in [0.3, 0.4) is 0 Å². The van der Waals surface area contributed by atoms with Crippen LogP contribution in [-0.4, -0.2) is 18.1 Å². The van der Waals surface area contributed by atoms with E-state index in [1.165, 1.54) is 0 Å². The molecule has 1 aromatic heterocycles. The van der Waals surface area contributed by atoms with Crippen LogP contribution in [0.5, 0.6) is 0 Å². The summed E-state index contributed by atoms with van der Waals surface area (Å²) in [5.41, 5.74) is 7.77. The monoisotopic (exact) mass is 193 g/mol. The fourth-order valence-electron chi connectivity index (χ4n) is 1.36. The molecule has 0 aliphatic carbocycles. The van der Waals surface area contributed by atoms with E-state index < -0.39 is 0 Å². The average Bonchev–Trinajstić information content (AvgIpc) is 2.15. The number of hydrogen-bond donors (Lipinski definition) is 1. The maximum atomic E-state index is 5.91. The first-order valence-electron chi connectivity index (χ1n) is 5.01. The van der Waals surface area contributed by atoms with Crippen molar-refractivity contribution >= 4 is 11.5 Å². The van der Waals surface area contributed by atoms with Gasteiger partial charge in [0.2, 0.25) is 0 Å². The number of anilines is 2. The summed E-state index contributed by atoms with van der Waals surface area (Å²) in [6.45, 7) is 6.32. The molecule has 2 N–H and O–H groups in total. The Balaban J connectivity index is 2.95. The fraction of sp³-hybridized carbons (Fsp3) is 0.545. The van der Waals surface area contributed by atoms with E-state index in [2.05, 4.69) is 23.7 Å². The molecule has 0 bridgehead atoms. The van der Waals surface area contributed by atoms with Crippen molar-refractivity contribution in [3.8, 4) is 0 Å². The molecule has 78 valence electrons. The molecule has 0 spiro atoms. The Morgan fingerprint density at radius 3 is 2.71 bits per heavy atom. The van der Waals surface area contributed by atoms with Crippen molar-refractivity contribution in [2.45, 2.75) is 33.2 Å². The van der Waals surface area contributed by atoms with Crippen LogP contribution in [-0.2, 0) is 0 Å². The molecule has 0 saturated heterocycles. The van der Waals surface area contributed by atoms with Gasteiger partial charge < -0.3 is 10.6 Å². The highest BCUT2D eigenvalue weighted by Crippen LogP contribution is 2.21. The Labute approximate surface area is 85.9 Å². The summed E-state index contributed by atoms with van der Waals surface area (Å²) in [4.78, 5) is 6.47. The number of aryl methyl sites for hydroxylation is 1. The second-order valence-corrected chi connectivity index (χ2v) is 3.79. The van der Waals surface area contributed by atoms with E-state index in [-0.39, 0.29) is 0 Å². The average molecular weight is 193 g/mol. The summed E-state index contributed by atoms with van der Waals surface area (Å²) >= 11 is 0. The third-order valence-electron chi connectivity index (χ3n) is 2.62. The molecule has 1 aromatic rings. The smallest absolute Gasteiger partial charge is 0.151 e. The van der Waals surface area contributed by atoms with Crippen LogP contribution in [0.25, 0.3) is 0 Å². The van der Waals surface area contributed by atoms with E-state index in [4.69, 9.17) is 5.73 Å². The van der Waals surface area contributed by atoms with Gasteiger partial charge in [0.15, 0.2) is 5.82 Å². The number of hydrogen-bond acceptors (Lipinski definition) is 3. The van der Waals surface area contributed by atoms with Crippen molar-refractivity contribution in [3.05, 3.63) is 17.8 Å². The molecule has 1 rings (SSSR count). The van der Waals surface area contributed by atoms with Crippen molar-refractivity contribution in [2.24, 2.45) is 0 Å². The zero-order chi connectivity index (χ0) is 10.7. The predicted molar refractivity (Wildman–Crippen MR) is 61.5 cm³/mol. The lowest BCUT2D eigenvalue weighted by Crippen LogP contribution is -2.29. The van der Waals surface area contributed by atoms with E-state index in [9.17, 15) is 0 Å². The number of nitrogen functional groups attached to an aromatic ring is 1. The van der Waals surface area contributed by atoms with Gasteiger partial charge in [-0.05, 0) is 31.9 Å². The third kappa shape index (κ3) is 2.16. The van der Waals surface area contributed by atoms with Gasteiger partial charge in [0.25, 0.3) is 0 Å². The molecular weight excluding hydrogens is 174 g/mol. The predicted octanol–water partition coefficient (Wildman–Crippen LogP) is 2.21. The molecule has 1 unspecified atom stereocenters. The van der Waals surface area contributed by atoms with Gasteiger partial charge in [-0.2, -0.15) is 0 Å². The third-order valence-corrected chi connectivity index (χ3v) is 2.62. The van der Waals surface area contributed by atoms with Gasteiger partial charge in [0.05, 0.1) is 5.69 Å². The number of rotatable bonds is 3. The van der Waals surface area contributed by atoms with Crippen LogP contribution in [0, 0.1) is 6.92 Å². The Bertz CT molecular complexity index is 309. The standard InChI is InChI=1S/C11H19N3/c1-5-9(3)14(4)11-10(12)6-8(2)7-13-11/h6-7,9H,5,12H2,1-4H3. The van der Waals surface area contributed by atoms with Gasteiger partial charge in [0.1, 0.15) is 0 Å². The first-order valence-corrected chi connectivity index (χ1v) is 5.01. The molecule has 0 fully saturated rings. The van der Waals surface area contributed by atoms with Crippen LogP contribution in [0.1, 0.15) is 25.8 Å². The maximum absolute atomic E-state index is 5.91. The zero-order valence-corrected chi connectivity index (χ0v) is 9.41. The Kier molecular flexibility index (Phi) is 3.33. The topological polar surface area (TPSA) is 42.2 Å². The second kappa shape index (κ2) is 4.31. The number of aromatic nitrogens is 1. The summed E-state index contributed by atoms with van der Waals surface area (Å²) in [5.74, 6) is 0.880. The number of nitrogens with zero attached hydrogens (tertiary/aromatic N) is 2. The van der Waals surface area contributed by atoms with Gasteiger partial charge in [-0.25, -0.2) is 4.98 Å². The maximum Gasteiger partial charge on any atom is 0.151 e. The molecule has 3 heteroatoms. The molecule has 14 heavy (non-hydrogen) atoms. The van der Waals surface area contributed by atoms with E-state index in [1.807, 2.05) is 26.2 Å². The SMILES string of the molecule is CCC(C)N(C)c1ncc(C)cc1N. The minimum atomic E-state index is 0.465. The van der Waals surface area contributed by atoms with Crippen molar-refractivity contribution < 1.29 is 0 Å². The molecule has 1 heterocycles. The van der Waals surface area contributed by atoms with Gasteiger partial charge in [-0.3, -0.25) is 0 Å². The lowest BCUT2D eigenvalue weighted by Gasteiger charge is -2.26. The fourth-order valence-corrected chi connectivity index (χ4v) is 1.36. The van der Waals surface area contributed by atoms with Crippen LogP contribution >= 0.6 is 0 Å². The molecule has 3 nitrogen and oxygen atoms in total. The number of nitrogens with two attached hydrogens (primary N) is 1. The minimum Gasteiger partial charge on any atom is -0.396 e. The minimum absolute atomic E-state index is 0.465. The van der Waals surface area contributed by atoms with Crippen molar-refractivity contribution in [2.75, 3.05) is 17.7 Å². The molecule has 0 saturated carbocycles. The normalized spacial score (nSPS) is 12.6. The highest BCUT2D eigenvalue weighted by Gasteiger charge is 2.11. The van der Waals surface area contributed by atoms with E-state index in [1.54, 1.807) is 0 Å². The molecule has 0 radical (unpaired) electrons. The van der Waals surface area contributed by atoms with Gasteiger partial charge in [-0.1, -0.05) is 6.92 Å². The Morgan fingerprint density at radius 2 is 2.21 bits per heavy atom. The molecule has 1 atom stereocenters. The van der Waals surface area contributed by atoms with Crippen molar-refractivity contribution in [1.29, 1.82) is 0 Å². The second-order valence-electron chi connectivity index (χ2n) is 3.79. The van der Waals surface area contributed by atoms with Crippen LogP contribution in [0.4, 0.5) is 11.5 Å². The van der Waals surface area contributed by atoms with E-state index in [0.29, 0.717) is 6.04 Å². The molecular formula is C11H19N3. The first kappa shape index (κ1) is 10.8. The molecule has 0 aliphatic heterocycles. The molecule has 0 aromatic carbocycles. The van der Waals surface area contributed by atoms with E-state index >= 15 is 0 Å². The van der Waals surface area contributed by atoms with Crippen molar-refractivity contribution in [3.63, 3.8) is 0 Å². The lowest BCUT2D eigenvalue weighted by molar-refractivity contribution is 0.657.